The Kier molecular flexibility index (Phi) is 2.28. The third kappa shape index (κ3) is 1.64. The van der Waals surface area contributed by atoms with E-state index in [9.17, 15) is 0 Å². The van der Waals surface area contributed by atoms with Crippen LogP contribution in [-0.4, -0.2) is 41.5 Å². The fourth-order valence-corrected chi connectivity index (χ4v) is 1.76. The molecule has 1 unspecified atom stereocenters. The smallest absolute Gasteiger partial charge is 0.161 e. The minimum Gasteiger partial charge on any atom is -0.282 e. The molecular formula is C7H11Cl2N2. The summed E-state index contributed by atoms with van der Waals surface area (Å²) in [4.78, 5) is 4.28. The highest BCUT2D eigenvalue weighted by molar-refractivity contribution is 6.34. The lowest BCUT2D eigenvalue weighted by atomic mass is 10.2. The molecule has 0 aliphatic carbocycles. The maximum Gasteiger partial charge on any atom is 0.161 e. The summed E-state index contributed by atoms with van der Waals surface area (Å²) in [5.74, 6) is 0. The molecule has 0 aromatic rings. The molecule has 0 aromatic heterocycles. The summed E-state index contributed by atoms with van der Waals surface area (Å²) in [5.41, 5.74) is 0.757. The SMILES string of the molecule is Cl[C](C(Cl)N1CC1)N1CCC1. The number of hydrogen-bond acceptors (Lipinski definition) is 2. The molecule has 2 aliphatic rings. The van der Waals surface area contributed by atoms with Gasteiger partial charge in [-0.3, -0.25) is 9.80 Å². The summed E-state index contributed by atoms with van der Waals surface area (Å²) in [5, 5.41) is 0. The summed E-state index contributed by atoms with van der Waals surface area (Å²) in [6, 6.07) is 0. The Bertz CT molecular complexity index is 145. The van der Waals surface area contributed by atoms with Gasteiger partial charge in [0.2, 0.25) is 0 Å². The van der Waals surface area contributed by atoms with Gasteiger partial charge in [0.1, 0.15) is 5.50 Å². The highest BCUT2D eigenvalue weighted by Crippen LogP contribution is 2.32. The maximum atomic E-state index is 6.05. The van der Waals surface area contributed by atoms with E-state index in [1.807, 2.05) is 0 Å². The predicted molar refractivity (Wildman–Crippen MR) is 46.5 cm³/mol. The van der Waals surface area contributed by atoms with Crippen LogP contribution in [0.2, 0.25) is 0 Å². The Morgan fingerprint density at radius 2 is 1.82 bits per heavy atom. The van der Waals surface area contributed by atoms with Crippen molar-refractivity contribution in [2.24, 2.45) is 0 Å². The fourth-order valence-electron chi connectivity index (χ4n) is 1.12. The second-order valence-corrected chi connectivity index (χ2v) is 3.84. The van der Waals surface area contributed by atoms with Crippen LogP contribution >= 0.6 is 23.2 Å². The number of alkyl halides is 1. The average molecular weight is 194 g/mol. The summed E-state index contributed by atoms with van der Waals surface area (Å²) >= 11 is 12.1. The molecule has 63 valence electrons. The number of hydrogen-bond donors (Lipinski definition) is 0. The van der Waals surface area contributed by atoms with E-state index in [1.54, 1.807) is 0 Å². The van der Waals surface area contributed by atoms with Crippen LogP contribution in [0.5, 0.6) is 0 Å². The predicted octanol–water partition coefficient (Wildman–Crippen LogP) is 1.30. The lowest BCUT2D eigenvalue weighted by Gasteiger charge is -2.36. The Balaban J connectivity index is 1.81. The molecule has 2 rings (SSSR count). The summed E-state index contributed by atoms with van der Waals surface area (Å²) in [6.45, 7) is 4.35. The molecule has 0 amide bonds. The van der Waals surface area contributed by atoms with Crippen LogP contribution in [0.3, 0.4) is 0 Å². The van der Waals surface area contributed by atoms with E-state index < -0.39 is 0 Å². The van der Waals surface area contributed by atoms with Gasteiger partial charge >= 0.3 is 0 Å². The van der Waals surface area contributed by atoms with E-state index in [1.165, 1.54) is 6.42 Å². The van der Waals surface area contributed by atoms with Gasteiger partial charge in [0.15, 0.2) is 5.50 Å². The van der Waals surface area contributed by atoms with Crippen LogP contribution in [0.15, 0.2) is 0 Å². The van der Waals surface area contributed by atoms with Crippen LogP contribution in [0.25, 0.3) is 0 Å². The zero-order valence-electron chi connectivity index (χ0n) is 6.26. The first-order chi connectivity index (χ1) is 5.29. The fraction of sp³-hybridized carbons (Fsp3) is 0.857. The Morgan fingerprint density at radius 3 is 2.18 bits per heavy atom. The van der Waals surface area contributed by atoms with Crippen LogP contribution in [-0.2, 0) is 0 Å². The number of halogens is 2. The van der Waals surface area contributed by atoms with Crippen molar-refractivity contribution in [3.63, 3.8) is 0 Å². The number of likely N-dealkylation sites (tertiary alicyclic amines) is 1. The van der Waals surface area contributed by atoms with Crippen LogP contribution in [0.4, 0.5) is 0 Å². The van der Waals surface area contributed by atoms with Crippen LogP contribution in [0, 0.1) is 5.50 Å². The van der Waals surface area contributed by atoms with Gasteiger partial charge in [-0.25, -0.2) is 0 Å². The van der Waals surface area contributed by atoms with Crippen molar-refractivity contribution < 1.29 is 0 Å². The van der Waals surface area contributed by atoms with Gasteiger partial charge in [-0.05, 0) is 6.42 Å². The number of nitrogens with zero attached hydrogens (tertiary/aromatic N) is 2. The van der Waals surface area contributed by atoms with Gasteiger partial charge in [0, 0.05) is 26.2 Å². The monoisotopic (exact) mass is 193 g/mol. The van der Waals surface area contributed by atoms with Crippen molar-refractivity contribution in [1.82, 2.24) is 9.80 Å². The first kappa shape index (κ1) is 8.11. The molecule has 2 nitrogen and oxygen atoms in total. The van der Waals surface area contributed by atoms with Crippen molar-refractivity contribution in [2.75, 3.05) is 26.2 Å². The van der Waals surface area contributed by atoms with E-state index in [2.05, 4.69) is 9.80 Å². The molecule has 2 heterocycles. The second-order valence-electron chi connectivity index (χ2n) is 3.04. The van der Waals surface area contributed by atoms with Crippen molar-refractivity contribution in [2.45, 2.75) is 11.9 Å². The first-order valence-electron chi connectivity index (χ1n) is 3.94. The summed E-state index contributed by atoms with van der Waals surface area (Å²) < 4.78 is 0. The minimum absolute atomic E-state index is 0.0584. The molecule has 2 aliphatic heterocycles. The molecule has 0 saturated carbocycles. The molecule has 0 N–H and O–H groups in total. The molecule has 0 spiro atoms. The van der Waals surface area contributed by atoms with Gasteiger partial charge in [-0.2, -0.15) is 0 Å². The standard InChI is InChI=1S/C7H11Cl2N2/c8-6(10-2-1-3-10)7(9)11-4-5-11/h7H,1-5H2. The highest BCUT2D eigenvalue weighted by atomic mass is 35.5. The Labute approximate surface area is 77.0 Å². The second kappa shape index (κ2) is 3.09. The molecule has 11 heavy (non-hydrogen) atoms. The quantitative estimate of drug-likeness (QED) is 0.379. The van der Waals surface area contributed by atoms with Crippen molar-refractivity contribution in [1.29, 1.82) is 0 Å². The Hall–Kier alpha value is 0.500. The lowest BCUT2D eigenvalue weighted by molar-refractivity contribution is 0.197. The third-order valence-corrected chi connectivity index (χ3v) is 3.20. The van der Waals surface area contributed by atoms with Gasteiger partial charge < -0.3 is 0 Å². The first-order valence-corrected chi connectivity index (χ1v) is 4.76. The third-order valence-electron chi connectivity index (χ3n) is 2.16. The molecule has 1 radical (unpaired) electrons. The number of rotatable bonds is 3. The van der Waals surface area contributed by atoms with Gasteiger partial charge in [-0.15, -0.1) is 11.6 Å². The minimum atomic E-state index is -0.0584. The van der Waals surface area contributed by atoms with Crippen molar-refractivity contribution >= 4 is 23.2 Å². The molecule has 2 fully saturated rings. The van der Waals surface area contributed by atoms with E-state index in [0.717, 1.165) is 31.7 Å². The molecule has 2 saturated heterocycles. The Morgan fingerprint density at radius 1 is 1.18 bits per heavy atom. The molecule has 0 bridgehead atoms. The molecule has 1 atom stereocenters. The maximum absolute atomic E-state index is 6.05. The van der Waals surface area contributed by atoms with Gasteiger partial charge in [0.25, 0.3) is 0 Å². The van der Waals surface area contributed by atoms with E-state index in [-0.39, 0.29) is 5.50 Å². The topological polar surface area (TPSA) is 6.25 Å². The van der Waals surface area contributed by atoms with Crippen molar-refractivity contribution in [3.05, 3.63) is 5.50 Å². The van der Waals surface area contributed by atoms with E-state index >= 15 is 0 Å². The zero-order chi connectivity index (χ0) is 7.84. The summed E-state index contributed by atoms with van der Waals surface area (Å²) in [7, 11) is 0. The summed E-state index contributed by atoms with van der Waals surface area (Å²) in [6.07, 6.45) is 1.25. The van der Waals surface area contributed by atoms with Crippen LogP contribution in [0.1, 0.15) is 6.42 Å². The average Bonchev–Trinajstić information content (AvgIpc) is 2.62. The molecular weight excluding hydrogens is 183 g/mol. The normalized spacial score (nSPS) is 28.6. The van der Waals surface area contributed by atoms with Gasteiger partial charge in [-0.1, -0.05) is 11.6 Å². The van der Waals surface area contributed by atoms with Gasteiger partial charge in [0.05, 0.1) is 0 Å². The van der Waals surface area contributed by atoms with Crippen molar-refractivity contribution in [3.8, 4) is 0 Å². The zero-order valence-corrected chi connectivity index (χ0v) is 7.78. The highest BCUT2D eigenvalue weighted by Gasteiger charge is 2.37. The van der Waals surface area contributed by atoms with E-state index in [0.29, 0.717) is 0 Å². The van der Waals surface area contributed by atoms with Crippen LogP contribution < -0.4 is 0 Å². The largest absolute Gasteiger partial charge is 0.282 e. The van der Waals surface area contributed by atoms with E-state index in [4.69, 9.17) is 23.2 Å². The molecule has 0 aromatic carbocycles. The molecule has 4 heteroatoms. The lowest BCUT2D eigenvalue weighted by Crippen LogP contribution is -2.43.